The molecule has 2 aliphatic rings. The maximum absolute atomic E-state index is 13.2. The number of benzene rings is 2. The first-order valence-corrected chi connectivity index (χ1v) is 12.8. The molecule has 0 saturated carbocycles. The summed E-state index contributed by atoms with van der Waals surface area (Å²) >= 11 is 3.72. The average molecular weight is 594 g/mol. The van der Waals surface area contributed by atoms with Crippen LogP contribution < -0.4 is 9.47 Å². The Morgan fingerprint density at radius 1 is 1.18 bits per heavy atom. The van der Waals surface area contributed by atoms with Crippen LogP contribution in [0.15, 0.2) is 64.3 Å². The fourth-order valence-corrected chi connectivity index (χ4v) is 5.36. The van der Waals surface area contributed by atoms with Gasteiger partial charge >= 0.3 is 5.97 Å². The number of hydrogen-bond acceptors (Lipinski definition) is 7. The van der Waals surface area contributed by atoms with Crippen molar-refractivity contribution in [2.75, 3.05) is 13.2 Å². The minimum Gasteiger partial charge on any atom is -0.490 e. The van der Waals surface area contributed by atoms with Crippen LogP contribution in [0.25, 0.3) is 0 Å². The third kappa shape index (κ3) is 5.10. The quantitative estimate of drug-likeness (QED) is 0.269. The van der Waals surface area contributed by atoms with Gasteiger partial charge in [-0.15, -0.1) is 0 Å². The molecule has 0 saturated heterocycles. The zero-order valence-electron chi connectivity index (χ0n) is 19.0. The summed E-state index contributed by atoms with van der Waals surface area (Å²) in [7, 11) is 0. The number of esters is 1. The van der Waals surface area contributed by atoms with Crippen LogP contribution in [0.2, 0.25) is 0 Å². The summed E-state index contributed by atoms with van der Waals surface area (Å²) in [6, 6.07) is 9.68. The van der Waals surface area contributed by atoms with Gasteiger partial charge in [0.2, 0.25) is 0 Å². The number of carbonyl (C=O) groups is 1. The fourth-order valence-electron chi connectivity index (χ4n) is 3.78. The molecule has 178 valence electrons. The van der Waals surface area contributed by atoms with E-state index in [0.29, 0.717) is 29.4 Å². The molecule has 6 nitrogen and oxygen atoms in total. The molecule has 0 unspecified atom stereocenters. The molecule has 4 rings (SSSR count). The molecule has 0 aromatic heterocycles. The van der Waals surface area contributed by atoms with Crippen molar-refractivity contribution < 1.29 is 23.4 Å². The molecule has 2 aromatic rings. The Morgan fingerprint density at radius 2 is 1.94 bits per heavy atom. The highest BCUT2D eigenvalue weighted by molar-refractivity contribution is 14.1. The van der Waals surface area contributed by atoms with Gasteiger partial charge in [-0.05, 0) is 84.2 Å². The molecule has 9 heteroatoms. The van der Waals surface area contributed by atoms with E-state index in [1.807, 2.05) is 42.5 Å². The lowest BCUT2D eigenvalue weighted by Gasteiger charge is -2.33. The van der Waals surface area contributed by atoms with Crippen LogP contribution in [0, 0.1) is 9.39 Å². The summed E-state index contributed by atoms with van der Waals surface area (Å²) in [5.41, 5.74) is 2.84. The molecule has 0 amide bonds. The lowest BCUT2D eigenvalue weighted by atomic mass is 9.94. The van der Waals surface area contributed by atoms with Crippen molar-refractivity contribution in [2.24, 2.45) is 4.99 Å². The molecule has 34 heavy (non-hydrogen) atoms. The summed E-state index contributed by atoms with van der Waals surface area (Å²) in [6.07, 6.45) is 1.92. The molecular formula is C25H24FIN2O4S. The van der Waals surface area contributed by atoms with Gasteiger partial charge in [0, 0.05) is 6.20 Å². The van der Waals surface area contributed by atoms with Crippen LogP contribution in [0.5, 0.6) is 11.5 Å². The maximum Gasteiger partial charge on any atom is 0.338 e. The van der Waals surface area contributed by atoms with E-state index in [1.54, 1.807) is 19.1 Å². The highest BCUT2D eigenvalue weighted by atomic mass is 127. The molecule has 0 bridgehead atoms. The molecule has 2 heterocycles. The molecular weight excluding hydrogens is 570 g/mol. The van der Waals surface area contributed by atoms with Crippen LogP contribution in [0.1, 0.15) is 37.9 Å². The summed E-state index contributed by atoms with van der Waals surface area (Å²) in [5, 5.41) is 2.75. The van der Waals surface area contributed by atoms with Gasteiger partial charge < -0.3 is 19.1 Å². The van der Waals surface area contributed by atoms with Gasteiger partial charge in [-0.3, -0.25) is 0 Å². The third-order valence-electron chi connectivity index (χ3n) is 5.26. The molecule has 2 aromatic carbocycles. The van der Waals surface area contributed by atoms with E-state index in [1.165, 1.54) is 23.9 Å². The van der Waals surface area contributed by atoms with E-state index >= 15 is 0 Å². The number of allylic oxidation sites excluding steroid dienone is 1. The summed E-state index contributed by atoms with van der Waals surface area (Å²) < 4.78 is 31.5. The zero-order valence-corrected chi connectivity index (χ0v) is 22.0. The number of rotatable bonds is 8. The summed E-state index contributed by atoms with van der Waals surface area (Å²) in [5.74, 6) is 0.503. The first-order valence-electron chi connectivity index (χ1n) is 10.8. The normalized spacial score (nSPS) is 16.9. The van der Waals surface area contributed by atoms with Crippen molar-refractivity contribution in [3.8, 4) is 11.5 Å². The number of ether oxygens (including phenoxy) is 3. The van der Waals surface area contributed by atoms with E-state index in [2.05, 4.69) is 27.6 Å². The average Bonchev–Trinajstić information content (AvgIpc) is 3.27. The first kappa shape index (κ1) is 24.6. The van der Waals surface area contributed by atoms with Gasteiger partial charge in [0.05, 0.1) is 34.1 Å². The van der Waals surface area contributed by atoms with Crippen molar-refractivity contribution in [2.45, 2.75) is 33.4 Å². The van der Waals surface area contributed by atoms with E-state index < -0.39 is 6.04 Å². The Kier molecular flexibility index (Phi) is 7.82. The Morgan fingerprint density at radius 3 is 2.65 bits per heavy atom. The second-order valence-electron chi connectivity index (χ2n) is 7.50. The van der Waals surface area contributed by atoms with Crippen LogP contribution in [-0.2, 0) is 16.1 Å². The number of fused-ring (bicyclic) bond motifs is 1. The number of carbonyl (C=O) groups excluding carboxylic acids is 1. The van der Waals surface area contributed by atoms with E-state index in [4.69, 9.17) is 14.2 Å². The second-order valence-corrected chi connectivity index (χ2v) is 9.54. The number of hydrogen-bond donors (Lipinski definition) is 0. The van der Waals surface area contributed by atoms with Crippen LogP contribution in [-0.4, -0.2) is 29.3 Å². The van der Waals surface area contributed by atoms with Crippen LogP contribution in [0.4, 0.5) is 4.39 Å². The maximum atomic E-state index is 13.2. The fraction of sp³-hybridized carbons (Fsp3) is 0.280. The SMILES string of the molecule is CCOC(=O)C1=C(C)N=C2SC=CN2[C@H]1c1cc(I)c(OCc2ccc(F)cc2)c(OCC)c1. The highest BCUT2D eigenvalue weighted by Crippen LogP contribution is 2.44. The Balaban J connectivity index is 1.72. The van der Waals surface area contributed by atoms with E-state index in [0.717, 1.165) is 19.9 Å². The van der Waals surface area contributed by atoms with Crippen molar-refractivity contribution in [3.63, 3.8) is 0 Å². The van der Waals surface area contributed by atoms with Crippen molar-refractivity contribution in [1.29, 1.82) is 0 Å². The summed E-state index contributed by atoms with van der Waals surface area (Å²) in [6.45, 7) is 6.52. The smallest absolute Gasteiger partial charge is 0.338 e. The predicted molar refractivity (Wildman–Crippen MR) is 139 cm³/mol. The van der Waals surface area contributed by atoms with Crippen LogP contribution in [0.3, 0.4) is 0 Å². The van der Waals surface area contributed by atoms with Crippen molar-refractivity contribution in [3.05, 3.63) is 79.8 Å². The minimum absolute atomic E-state index is 0.272. The zero-order chi connectivity index (χ0) is 24.2. The van der Waals surface area contributed by atoms with E-state index in [9.17, 15) is 9.18 Å². The molecule has 0 radical (unpaired) electrons. The monoisotopic (exact) mass is 594 g/mol. The molecule has 0 aliphatic carbocycles. The number of aliphatic imine (C=N–C) groups is 1. The van der Waals surface area contributed by atoms with Gasteiger partial charge in [0.15, 0.2) is 16.7 Å². The standard InChI is InChI=1S/C25H24FIN2O4S/c1-4-31-20-13-17(12-19(27)23(20)33-14-16-6-8-18(26)9-7-16)22-21(24(30)32-5-2)15(3)28-25-29(22)10-11-34-25/h6-13,22H,4-5,14H2,1-3H3/t22-/m0/s1. The third-order valence-corrected chi connectivity index (χ3v) is 6.83. The van der Waals surface area contributed by atoms with E-state index in [-0.39, 0.29) is 25.0 Å². The second kappa shape index (κ2) is 10.8. The Bertz CT molecular complexity index is 1180. The van der Waals surface area contributed by atoms with Gasteiger partial charge in [-0.2, -0.15) is 0 Å². The lowest BCUT2D eigenvalue weighted by Crippen LogP contribution is -2.34. The largest absolute Gasteiger partial charge is 0.490 e. The number of nitrogens with zero attached hydrogens (tertiary/aromatic N) is 2. The van der Waals surface area contributed by atoms with Gasteiger partial charge in [-0.1, -0.05) is 23.9 Å². The first-order chi connectivity index (χ1) is 16.4. The molecule has 2 aliphatic heterocycles. The van der Waals surface area contributed by atoms with Gasteiger partial charge in [0.1, 0.15) is 12.4 Å². The number of halogens is 2. The lowest BCUT2D eigenvalue weighted by molar-refractivity contribution is -0.139. The van der Waals surface area contributed by atoms with Gasteiger partial charge in [0.25, 0.3) is 0 Å². The minimum atomic E-state index is -0.406. The number of amidine groups is 1. The van der Waals surface area contributed by atoms with Crippen LogP contribution >= 0.6 is 34.4 Å². The molecule has 1 atom stereocenters. The van der Waals surface area contributed by atoms with Crippen molar-refractivity contribution in [1.82, 2.24) is 4.90 Å². The number of thioether (sulfide) groups is 1. The highest BCUT2D eigenvalue weighted by Gasteiger charge is 2.38. The topological polar surface area (TPSA) is 60.4 Å². The Hall–Kier alpha value is -2.53. The molecule has 0 spiro atoms. The predicted octanol–water partition coefficient (Wildman–Crippen LogP) is 6.18. The Labute approximate surface area is 216 Å². The molecule has 0 N–H and O–H groups in total. The van der Waals surface area contributed by atoms with Crippen molar-refractivity contribution >= 4 is 45.5 Å². The molecule has 0 fully saturated rings. The van der Waals surface area contributed by atoms with Gasteiger partial charge in [-0.25, -0.2) is 14.2 Å². The summed E-state index contributed by atoms with van der Waals surface area (Å²) in [4.78, 5) is 19.5.